The highest BCUT2D eigenvalue weighted by atomic mass is 16.5. The van der Waals surface area contributed by atoms with Gasteiger partial charge < -0.3 is 9.64 Å². The smallest absolute Gasteiger partial charge is 0.257 e. The van der Waals surface area contributed by atoms with Crippen LogP contribution >= 0.6 is 0 Å². The first-order chi connectivity index (χ1) is 10.7. The maximum absolute atomic E-state index is 12.6. The minimum absolute atomic E-state index is 0.120. The summed E-state index contributed by atoms with van der Waals surface area (Å²) in [7, 11) is 3.29. The molecular formula is C16H16N4O2. The molecule has 2 aromatic heterocycles. The number of benzene rings is 1. The summed E-state index contributed by atoms with van der Waals surface area (Å²) in [6.45, 7) is 0.363. The van der Waals surface area contributed by atoms with Crippen molar-refractivity contribution in [3.8, 4) is 5.75 Å². The molecule has 1 amide bonds. The number of carbonyl (C=O) groups excluding carboxylic acids is 1. The number of amides is 1. The predicted molar refractivity (Wildman–Crippen MR) is 81.8 cm³/mol. The second-order valence-electron chi connectivity index (χ2n) is 4.91. The summed E-state index contributed by atoms with van der Waals surface area (Å²) in [5.74, 6) is 1.15. The van der Waals surface area contributed by atoms with E-state index in [4.69, 9.17) is 4.74 Å². The zero-order chi connectivity index (χ0) is 15.5. The summed E-state index contributed by atoms with van der Waals surface area (Å²) in [5, 5.41) is 8.23. The topological polar surface area (TPSA) is 59.7 Å². The Morgan fingerprint density at radius 3 is 2.77 bits per heavy atom. The van der Waals surface area contributed by atoms with Gasteiger partial charge >= 0.3 is 0 Å². The first kappa shape index (κ1) is 14.1. The van der Waals surface area contributed by atoms with Gasteiger partial charge in [0.2, 0.25) is 0 Å². The monoisotopic (exact) mass is 296 g/mol. The third kappa shape index (κ3) is 2.50. The van der Waals surface area contributed by atoms with Crippen LogP contribution in [0.3, 0.4) is 0 Å². The lowest BCUT2D eigenvalue weighted by Gasteiger charge is -2.17. The molecule has 0 aliphatic carbocycles. The number of nitrogens with zero attached hydrogens (tertiary/aromatic N) is 4. The number of rotatable bonds is 4. The fraction of sp³-hybridized carbons (Fsp3) is 0.188. The Labute approximate surface area is 128 Å². The molecule has 0 atom stereocenters. The number of methoxy groups -OCH3 is 1. The molecule has 3 aromatic rings. The zero-order valence-corrected chi connectivity index (χ0v) is 12.4. The van der Waals surface area contributed by atoms with E-state index in [0.717, 1.165) is 5.65 Å². The molecule has 0 radical (unpaired) electrons. The van der Waals surface area contributed by atoms with E-state index in [0.29, 0.717) is 23.7 Å². The molecular weight excluding hydrogens is 280 g/mol. The quantitative estimate of drug-likeness (QED) is 0.739. The Hall–Kier alpha value is -2.89. The Balaban J connectivity index is 1.85. The average molecular weight is 296 g/mol. The van der Waals surface area contributed by atoms with Gasteiger partial charge in [0.05, 0.1) is 19.2 Å². The summed E-state index contributed by atoms with van der Waals surface area (Å²) < 4.78 is 7.11. The van der Waals surface area contributed by atoms with Gasteiger partial charge in [0.25, 0.3) is 5.91 Å². The molecule has 1 aromatic carbocycles. The number of hydrogen-bond donors (Lipinski definition) is 0. The largest absolute Gasteiger partial charge is 0.496 e. The fourth-order valence-corrected chi connectivity index (χ4v) is 2.31. The summed E-state index contributed by atoms with van der Waals surface area (Å²) in [4.78, 5) is 14.2. The predicted octanol–water partition coefficient (Wildman–Crippen LogP) is 2.01. The van der Waals surface area contributed by atoms with E-state index in [1.165, 1.54) is 0 Å². The van der Waals surface area contributed by atoms with Gasteiger partial charge in [0.15, 0.2) is 11.5 Å². The summed E-state index contributed by atoms with van der Waals surface area (Å²) in [6.07, 6.45) is 1.88. The van der Waals surface area contributed by atoms with Crippen molar-refractivity contribution in [3.05, 3.63) is 60.0 Å². The van der Waals surface area contributed by atoms with Gasteiger partial charge in [-0.15, -0.1) is 10.2 Å². The third-order valence-corrected chi connectivity index (χ3v) is 3.45. The highest BCUT2D eigenvalue weighted by molar-refractivity contribution is 5.96. The Kier molecular flexibility index (Phi) is 3.74. The normalized spacial score (nSPS) is 10.6. The minimum Gasteiger partial charge on any atom is -0.496 e. The van der Waals surface area contributed by atoms with Crippen LogP contribution < -0.4 is 4.74 Å². The van der Waals surface area contributed by atoms with E-state index in [2.05, 4.69) is 10.2 Å². The lowest BCUT2D eigenvalue weighted by Crippen LogP contribution is -2.27. The second-order valence-corrected chi connectivity index (χ2v) is 4.91. The highest BCUT2D eigenvalue weighted by Crippen LogP contribution is 2.19. The van der Waals surface area contributed by atoms with Crippen LogP contribution in [0.4, 0.5) is 0 Å². The molecule has 3 rings (SSSR count). The number of para-hydroxylation sites is 1. The molecule has 0 saturated carbocycles. The van der Waals surface area contributed by atoms with Crippen molar-refractivity contribution >= 4 is 11.6 Å². The van der Waals surface area contributed by atoms with Crippen molar-refractivity contribution in [2.45, 2.75) is 6.54 Å². The lowest BCUT2D eigenvalue weighted by atomic mass is 10.2. The van der Waals surface area contributed by atoms with Crippen molar-refractivity contribution < 1.29 is 9.53 Å². The number of hydrogen-bond acceptors (Lipinski definition) is 4. The molecule has 0 spiro atoms. The lowest BCUT2D eigenvalue weighted by molar-refractivity contribution is 0.0778. The molecule has 6 heteroatoms. The molecule has 6 nitrogen and oxygen atoms in total. The number of carbonyl (C=O) groups is 1. The Bertz CT molecular complexity index is 813. The second kappa shape index (κ2) is 5.85. The van der Waals surface area contributed by atoms with Crippen LogP contribution in [-0.4, -0.2) is 39.6 Å². The van der Waals surface area contributed by atoms with Gasteiger partial charge in [-0.05, 0) is 24.3 Å². The van der Waals surface area contributed by atoms with Crippen molar-refractivity contribution in [3.63, 3.8) is 0 Å². The first-order valence-corrected chi connectivity index (χ1v) is 6.88. The number of fused-ring (bicyclic) bond motifs is 1. The van der Waals surface area contributed by atoms with Crippen LogP contribution in [0.1, 0.15) is 16.2 Å². The summed E-state index contributed by atoms with van der Waals surface area (Å²) >= 11 is 0. The standard InChI is InChI=1S/C16H16N4O2/c1-19(16(21)12-7-3-4-8-13(12)22-2)11-15-18-17-14-9-5-6-10-20(14)15/h3-10H,11H2,1-2H3. The molecule has 2 heterocycles. The van der Waals surface area contributed by atoms with Crippen molar-refractivity contribution in [1.82, 2.24) is 19.5 Å². The van der Waals surface area contributed by atoms with Crippen LogP contribution in [0.2, 0.25) is 0 Å². The zero-order valence-electron chi connectivity index (χ0n) is 12.4. The minimum atomic E-state index is -0.120. The number of aromatic nitrogens is 3. The van der Waals surface area contributed by atoms with Crippen LogP contribution in [0.5, 0.6) is 5.75 Å². The first-order valence-electron chi connectivity index (χ1n) is 6.88. The molecule has 0 aliphatic rings. The average Bonchev–Trinajstić information content (AvgIpc) is 2.97. The molecule has 0 aliphatic heterocycles. The maximum Gasteiger partial charge on any atom is 0.257 e. The van der Waals surface area contributed by atoms with E-state index in [1.54, 1.807) is 31.2 Å². The van der Waals surface area contributed by atoms with E-state index in [1.807, 2.05) is 40.9 Å². The van der Waals surface area contributed by atoms with Crippen molar-refractivity contribution in [1.29, 1.82) is 0 Å². The van der Waals surface area contributed by atoms with Gasteiger partial charge in [-0.3, -0.25) is 9.20 Å². The summed E-state index contributed by atoms with van der Waals surface area (Å²) in [5.41, 5.74) is 1.29. The molecule has 0 fully saturated rings. The van der Waals surface area contributed by atoms with Gasteiger partial charge in [-0.1, -0.05) is 18.2 Å². The maximum atomic E-state index is 12.6. The SMILES string of the molecule is COc1ccccc1C(=O)N(C)Cc1nnc2ccccn12. The molecule has 0 bridgehead atoms. The number of pyridine rings is 1. The molecule has 0 N–H and O–H groups in total. The Morgan fingerprint density at radius 2 is 1.95 bits per heavy atom. The fourth-order valence-electron chi connectivity index (χ4n) is 2.31. The van der Waals surface area contributed by atoms with E-state index in [9.17, 15) is 4.79 Å². The number of ether oxygens (including phenoxy) is 1. The van der Waals surface area contributed by atoms with E-state index >= 15 is 0 Å². The van der Waals surface area contributed by atoms with E-state index < -0.39 is 0 Å². The highest BCUT2D eigenvalue weighted by Gasteiger charge is 2.18. The van der Waals surface area contributed by atoms with Crippen molar-refractivity contribution in [2.75, 3.05) is 14.2 Å². The third-order valence-electron chi connectivity index (χ3n) is 3.45. The van der Waals surface area contributed by atoms with Crippen LogP contribution in [0.15, 0.2) is 48.7 Å². The van der Waals surface area contributed by atoms with Gasteiger partial charge in [0.1, 0.15) is 5.75 Å². The molecule has 22 heavy (non-hydrogen) atoms. The molecule has 0 unspecified atom stereocenters. The van der Waals surface area contributed by atoms with Gasteiger partial charge in [-0.25, -0.2) is 0 Å². The van der Waals surface area contributed by atoms with Crippen LogP contribution in [0, 0.1) is 0 Å². The summed E-state index contributed by atoms with van der Waals surface area (Å²) in [6, 6.07) is 12.8. The molecule has 0 saturated heterocycles. The van der Waals surface area contributed by atoms with Gasteiger partial charge in [0, 0.05) is 13.2 Å². The van der Waals surface area contributed by atoms with Crippen molar-refractivity contribution in [2.24, 2.45) is 0 Å². The van der Waals surface area contributed by atoms with Crippen LogP contribution in [-0.2, 0) is 6.54 Å². The van der Waals surface area contributed by atoms with E-state index in [-0.39, 0.29) is 5.91 Å². The van der Waals surface area contributed by atoms with Gasteiger partial charge in [-0.2, -0.15) is 0 Å². The van der Waals surface area contributed by atoms with Crippen LogP contribution in [0.25, 0.3) is 5.65 Å². The molecule has 112 valence electrons. The Morgan fingerprint density at radius 1 is 1.18 bits per heavy atom.